The quantitative estimate of drug-likeness (QED) is 0.348. The highest BCUT2D eigenvalue weighted by atomic mass is 19.4. The van der Waals surface area contributed by atoms with Gasteiger partial charge in [0.1, 0.15) is 11.3 Å². The van der Waals surface area contributed by atoms with E-state index in [0.717, 1.165) is 27.9 Å². The first-order valence-corrected chi connectivity index (χ1v) is 9.92. The molecule has 0 aliphatic carbocycles. The Morgan fingerprint density at radius 2 is 1.45 bits per heavy atom. The number of aromatic hydroxyl groups is 1. The number of aliphatic carboxylic acids is 1. The lowest BCUT2D eigenvalue weighted by molar-refractivity contribution is -0.192. The van der Waals surface area contributed by atoms with E-state index in [9.17, 15) is 18.3 Å². The van der Waals surface area contributed by atoms with E-state index < -0.39 is 12.1 Å². The summed E-state index contributed by atoms with van der Waals surface area (Å²) in [4.78, 5) is 13.4. The van der Waals surface area contributed by atoms with Gasteiger partial charge in [0.25, 0.3) is 0 Å². The maximum atomic E-state index is 11.0. The highest BCUT2D eigenvalue weighted by Gasteiger charge is 2.38. The van der Waals surface area contributed by atoms with E-state index in [2.05, 4.69) is 22.4 Å². The predicted octanol–water partition coefficient (Wildman–Crippen LogP) is 6.08. The topological polar surface area (TPSA) is 82.5 Å². The van der Waals surface area contributed by atoms with Crippen molar-refractivity contribution < 1.29 is 28.2 Å². The van der Waals surface area contributed by atoms with Crippen LogP contribution < -0.4 is 5.32 Å². The molecule has 0 aliphatic heterocycles. The SMILES string of the molecule is Cc1ccc2ccc(C(Nc3ccccc3)c3ccccc3)c(O)c2n1.O=C(O)C(F)(F)F. The van der Waals surface area contributed by atoms with Crippen LogP contribution in [0.2, 0.25) is 0 Å². The third kappa shape index (κ3) is 6.00. The Morgan fingerprint density at radius 3 is 2.03 bits per heavy atom. The van der Waals surface area contributed by atoms with Gasteiger partial charge in [-0.3, -0.25) is 0 Å². The van der Waals surface area contributed by atoms with Gasteiger partial charge in [-0.2, -0.15) is 13.2 Å². The Labute approximate surface area is 188 Å². The molecule has 0 saturated heterocycles. The average molecular weight is 454 g/mol. The van der Waals surface area contributed by atoms with Crippen molar-refractivity contribution in [3.8, 4) is 5.75 Å². The summed E-state index contributed by atoms with van der Waals surface area (Å²) in [6, 6.07) is 27.9. The number of anilines is 1. The standard InChI is InChI=1S/C23H20N2O.C2HF3O2/c1-16-12-13-18-14-15-20(23(26)22(18)24-16)21(17-8-4-2-5-9-17)25-19-10-6-3-7-11-19;3-2(4,5)1(6)7/h2-15,21,25-26H,1H3;(H,6,7). The van der Waals surface area contributed by atoms with Crippen molar-refractivity contribution in [3.05, 3.63) is 102 Å². The number of para-hydroxylation sites is 1. The molecule has 0 spiro atoms. The van der Waals surface area contributed by atoms with E-state index >= 15 is 0 Å². The van der Waals surface area contributed by atoms with Crippen LogP contribution in [0.15, 0.2) is 84.9 Å². The van der Waals surface area contributed by atoms with Gasteiger partial charge < -0.3 is 15.5 Å². The molecule has 0 saturated carbocycles. The molecule has 33 heavy (non-hydrogen) atoms. The number of phenolic OH excluding ortho intramolecular Hbond substituents is 1. The third-order valence-electron chi connectivity index (χ3n) is 4.78. The van der Waals surface area contributed by atoms with Crippen LogP contribution in [0, 0.1) is 6.92 Å². The van der Waals surface area contributed by atoms with Crippen molar-refractivity contribution in [1.29, 1.82) is 0 Å². The molecule has 1 unspecified atom stereocenters. The van der Waals surface area contributed by atoms with Crippen molar-refractivity contribution >= 4 is 22.6 Å². The zero-order chi connectivity index (χ0) is 24.0. The molecule has 0 bridgehead atoms. The second kappa shape index (κ2) is 10.0. The van der Waals surface area contributed by atoms with Gasteiger partial charge in [0, 0.05) is 22.3 Å². The van der Waals surface area contributed by atoms with Crippen LogP contribution in [0.3, 0.4) is 0 Å². The fourth-order valence-corrected chi connectivity index (χ4v) is 3.21. The number of nitrogens with zero attached hydrogens (tertiary/aromatic N) is 1. The molecular weight excluding hydrogens is 433 g/mol. The molecule has 1 heterocycles. The molecule has 170 valence electrons. The zero-order valence-corrected chi connectivity index (χ0v) is 17.5. The Balaban J connectivity index is 0.000000383. The zero-order valence-electron chi connectivity index (χ0n) is 17.5. The van der Waals surface area contributed by atoms with Gasteiger partial charge in [0.15, 0.2) is 0 Å². The van der Waals surface area contributed by atoms with E-state index in [4.69, 9.17) is 9.90 Å². The van der Waals surface area contributed by atoms with Gasteiger partial charge in [-0.1, -0.05) is 66.7 Å². The lowest BCUT2D eigenvalue weighted by Gasteiger charge is -2.22. The summed E-state index contributed by atoms with van der Waals surface area (Å²) in [5, 5.41) is 22.6. The molecule has 1 atom stereocenters. The summed E-state index contributed by atoms with van der Waals surface area (Å²) in [5.41, 5.74) is 4.41. The van der Waals surface area contributed by atoms with Crippen LogP contribution in [-0.2, 0) is 4.79 Å². The predicted molar refractivity (Wildman–Crippen MR) is 120 cm³/mol. The highest BCUT2D eigenvalue weighted by molar-refractivity contribution is 5.86. The van der Waals surface area contributed by atoms with E-state index in [1.54, 1.807) is 0 Å². The number of aromatic nitrogens is 1. The lowest BCUT2D eigenvalue weighted by atomic mass is 9.96. The number of hydrogen-bond donors (Lipinski definition) is 3. The monoisotopic (exact) mass is 454 g/mol. The Morgan fingerprint density at radius 1 is 0.909 bits per heavy atom. The first kappa shape index (κ1) is 23.6. The van der Waals surface area contributed by atoms with Gasteiger partial charge in [-0.15, -0.1) is 0 Å². The number of nitrogens with one attached hydrogen (secondary N) is 1. The van der Waals surface area contributed by atoms with Crippen molar-refractivity contribution in [2.75, 3.05) is 5.32 Å². The lowest BCUT2D eigenvalue weighted by Crippen LogP contribution is -2.21. The van der Waals surface area contributed by atoms with Gasteiger partial charge in [0.2, 0.25) is 0 Å². The number of alkyl halides is 3. The number of carboxylic acids is 1. The number of benzene rings is 3. The molecule has 1 aromatic heterocycles. The number of halogens is 3. The largest absolute Gasteiger partial charge is 0.505 e. The van der Waals surface area contributed by atoms with Crippen LogP contribution in [-0.4, -0.2) is 27.3 Å². The molecule has 5 nitrogen and oxygen atoms in total. The molecular formula is C25H21F3N2O3. The number of hydrogen-bond acceptors (Lipinski definition) is 4. The van der Waals surface area contributed by atoms with Gasteiger partial charge in [-0.05, 0) is 30.7 Å². The second-order valence-electron chi connectivity index (χ2n) is 7.18. The molecule has 8 heteroatoms. The Hall–Kier alpha value is -4.07. The van der Waals surface area contributed by atoms with Crippen molar-refractivity contribution in [2.45, 2.75) is 19.1 Å². The van der Waals surface area contributed by atoms with Crippen LogP contribution in [0.5, 0.6) is 5.75 Å². The average Bonchev–Trinajstić information content (AvgIpc) is 2.79. The fraction of sp³-hybridized carbons (Fsp3) is 0.120. The van der Waals surface area contributed by atoms with Gasteiger partial charge in [0.05, 0.1) is 6.04 Å². The van der Waals surface area contributed by atoms with E-state index in [1.165, 1.54) is 0 Å². The maximum Gasteiger partial charge on any atom is 0.490 e. The highest BCUT2D eigenvalue weighted by Crippen LogP contribution is 2.36. The number of aryl methyl sites for hydroxylation is 1. The fourth-order valence-electron chi connectivity index (χ4n) is 3.21. The van der Waals surface area contributed by atoms with E-state index in [1.807, 2.05) is 79.7 Å². The molecule has 3 aromatic carbocycles. The minimum atomic E-state index is -5.08. The summed E-state index contributed by atoms with van der Waals surface area (Å²) >= 11 is 0. The minimum absolute atomic E-state index is 0.176. The van der Waals surface area contributed by atoms with Crippen LogP contribution in [0.1, 0.15) is 22.9 Å². The number of rotatable bonds is 4. The van der Waals surface area contributed by atoms with Crippen molar-refractivity contribution in [2.24, 2.45) is 0 Å². The first-order valence-electron chi connectivity index (χ1n) is 9.92. The van der Waals surface area contributed by atoms with Crippen molar-refractivity contribution in [3.63, 3.8) is 0 Å². The van der Waals surface area contributed by atoms with Gasteiger partial charge >= 0.3 is 12.1 Å². The molecule has 4 rings (SSSR count). The number of carboxylic acid groups (broad SMARTS) is 1. The van der Waals surface area contributed by atoms with E-state index in [0.29, 0.717) is 5.52 Å². The molecule has 0 aliphatic rings. The smallest absolute Gasteiger partial charge is 0.490 e. The molecule has 0 amide bonds. The first-order chi connectivity index (χ1) is 15.7. The number of fused-ring (bicyclic) bond motifs is 1. The molecule has 3 N–H and O–H groups in total. The minimum Gasteiger partial charge on any atom is -0.505 e. The molecule has 0 fully saturated rings. The number of phenols is 1. The Kier molecular flexibility index (Phi) is 7.17. The summed E-state index contributed by atoms with van der Waals surface area (Å²) in [6.45, 7) is 1.93. The summed E-state index contributed by atoms with van der Waals surface area (Å²) in [7, 11) is 0. The number of carbonyl (C=O) groups is 1. The van der Waals surface area contributed by atoms with Crippen LogP contribution in [0.4, 0.5) is 18.9 Å². The molecule has 0 radical (unpaired) electrons. The van der Waals surface area contributed by atoms with Gasteiger partial charge in [-0.25, -0.2) is 9.78 Å². The number of pyridine rings is 1. The summed E-state index contributed by atoms with van der Waals surface area (Å²) in [6.07, 6.45) is -5.08. The normalized spacial score (nSPS) is 11.9. The maximum absolute atomic E-state index is 11.0. The Bertz CT molecular complexity index is 1230. The molecule has 4 aromatic rings. The summed E-state index contributed by atoms with van der Waals surface area (Å²) in [5.74, 6) is -2.53. The third-order valence-corrected chi connectivity index (χ3v) is 4.78. The van der Waals surface area contributed by atoms with Crippen LogP contribution in [0.25, 0.3) is 10.9 Å². The second-order valence-corrected chi connectivity index (χ2v) is 7.18. The summed E-state index contributed by atoms with van der Waals surface area (Å²) < 4.78 is 31.7. The van der Waals surface area contributed by atoms with Crippen LogP contribution >= 0.6 is 0 Å². The van der Waals surface area contributed by atoms with Crippen molar-refractivity contribution in [1.82, 2.24) is 4.98 Å². The van der Waals surface area contributed by atoms with E-state index in [-0.39, 0.29) is 11.8 Å².